The monoisotopic (exact) mass is 419 g/mol. The molecule has 0 atom stereocenters. The Morgan fingerprint density at radius 1 is 1.18 bits per heavy atom. The van der Waals surface area contributed by atoms with Crippen molar-refractivity contribution < 1.29 is 19.2 Å². The number of aromatic hydroxyl groups is 1. The normalized spacial score (nSPS) is 10.9. The number of halogens is 2. The number of nitro groups is 1. The standard InChI is InChI=1S/C18H11Cl2N3O5/c19-10-1-4-13(15(20)7-10)17-6-3-12(28-17)9-21-22-18(25)14-8-11(23(26)27)2-5-16(14)24/h1-9,24H,(H,22,25)/b21-9-. The second-order valence-electron chi connectivity index (χ2n) is 5.48. The van der Waals surface area contributed by atoms with Crippen molar-refractivity contribution in [2.24, 2.45) is 5.10 Å². The predicted octanol–water partition coefficient (Wildman–Crippen LogP) is 4.63. The summed E-state index contributed by atoms with van der Waals surface area (Å²) in [6.45, 7) is 0. The Hall–Kier alpha value is -3.36. The zero-order valence-corrected chi connectivity index (χ0v) is 15.4. The van der Waals surface area contributed by atoms with Crippen LogP contribution in [0.1, 0.15) is 16.1 Å². The maximum atomic E-state index is 12.1. The van der Waals surface area contributed by atoms with Crippen molar-refractivity contribution >= 4 is 41.0 Å². The quantitative estimate of drug-likeness (QED) is 0.355. The van der Waals surface area contributed by atoms with E-state index in [-0.39, 0.29) is 11.3 Å². The summed E-state index contributed by atoms with van der Waals surface area (Å²) in [6, 6.07) is 11.3. The van der Waals surface area contributed by atoms with Gasteiger partial charge in [0.15, 0.2) is 0 Å². The Morgan fingerprint density at radius 3 is 2.68 bits per heavy atom. The molecule has 1 amide bonds. The first-order valence-corrected chi connectivity index (χ1v) is 8.47. The van der Waals surface area contributed by atoms with E-state index in [1.165, 1.54) is 6.21 Å². The molecule has 0 aliphatic rings. The van der Waals surface area contributed by atoms with Crippen LogP contribution in [0.3, 0.4) is 0 Å². The molecule has 2 aromatic carbocycles. The summed E-state index contributed by atoms with van der Waals surface area (Å²) in [5.41, 5.74) is 2.19. The second kappa shape index (κ2) is 8.12. The molecule has 0 saturated heterocycles. The minimum absolute atomic E-state index is 0.278. The maximum Gasteiger partial charge on any atom is 0.275 e. The van der Waals surface area contributed by atoms with Crippen LogP contribution in [0, 0.1) is 10.1 Å². The van der Waals surface area contributed by atoms with Crippen LogP contribution in [-0.2, 0) is 0 Å². The lowest BCUT2D eigenvalue weighted by atomic mass is 10.1. The molecule has 0 fully saturated rings. The fourth-order valence-corrected chi connectivity index (χ4v) is 2.79. The van der Waals surface area contributed by atoms with Gasteiger partial charge in [-0.3, -0.25) is 14.9 Å². The zero-order chi connectivity index (χ0) is 20.3. The molecular formula is C18H11Cl2N3O5. The first-order valence-electron chi connectivity index (χ1n) is 7.71. The van der Waals surface area contributed by atoms with Crippen molar-refractivity contribution in [2.75, 3.05) is 0 Å². The van der Waals surface area contributed by atoms with Crippen LogP contribution in [-0.4, -0.2) is 22.2 Å². The summed E-state index contributed by atoms with van der Waals surface area (Å²) >= 11 is 12.0. The third kappa shape index (κ3) is 4.30. The van der Waals surface area contributed by atoms with E-state index in [1.54, 1.807) is 30.3 Å². The van der Waals surface area contributed by atoms with Crippen molar-refractivity contribution in [1.82, 2.24) is 5.43 Å². The number of nitro benzene ring substituents is 1. The molecule has 0 aliphatic heterocycles. The Labute approximate surface area is 168 Å². The van der Waals surface area contributed by atoms with E-state index in [0.717, 1.165) is 18.2 Å². The van der Waals surface area contributed by atoms with E-state index in [9.17, 15) is 20.0 Å². The van der Waals surface area contributed by atoms with E-state index < -0.39 is 16.6 Å². The van der Waals surface area contributed by atoms with Crippen molar-refractivity contribution in [3.63, 3.8) is 0 Å². The number of hydrogen-bond donors (Lipinski definition) is 2. The molecule has 2 N–H and O–H groups in total. The molecule has 3 aromatic rings. The minimum atomic E-state index is -0.815. The molecule has 8 nitrogen and oxygen atoms in total. The predicted molar refractivity (Wildman–Crippen MR) is 104 cm³/mol. The molecule has 3 rings (SSSR count). The largest absolute Gasteiger partial charge is 0.507 e. The van der Waals surface area contributed by atoms with Gasteiger partial charge < -0.3 is 9.52 Å². The Balaban J connectivity index is 1.72. The maximum absolute atomic E-state index is 12.1. The number of carbonyl (C=O) groups is 1. The molecule has 0 radical (unpaired) electrons. The summed E-state index contributed by atoms with van der Waals surface area (Å²) in [4.78, 5) is 22.2. The highest BCUT2D eigenvalue weighted by Gasteiger charge is 2.16. The summed E-state index contributed by atoms with van der Waals surface area (Å²) in [6.07, 6.45) is 1.24. The second-order valence-corrected chi connectivity index (χ2v) is 6.33. The average Bonchev–Trinajstić information content (AvgIpc) is 3.10. The average molecular weight is 420 g/mol. The zero-order valence-electron chi connectivity index (χ0n) is 13.9. The third-order valence-corrected chi connectivity index (χ3v) is 4.16. The lowest BCUT2D eigenvalue weighted by Crippen LogP contribution is -2.17. The van der Waals surface area contributed by atoms with Crippen LogP contribution in [0.25, 0.3) is 11.3 Å². The van der Waals surface area contributed by atoms with Gasteiger partial charge in [-0.1, -0.05) is 23.2 Å². The Bertz CT molecular complexity index is 1090. The fourth-order valence-electron chi connectivity index (χ4n) is 2.29. The first kappa shape index (κ1) is 19.4. The lowest BCUT2D eigenvalue weighted by Gasteiger charge is -2.02. The molecule has 0 unspecified atom stereocenters. The molecular weight excluding hydrogens is 409 g/mol. The number of hydrazone groups is 1. The molecule has 0 spiro atoms. The van der Waals surface area contributed by atoms with Crippen LogP contribution < -0.4 is 5.43 Å². The van der Waals surface area contributed by atoms with Gasteiger partial charge in [-0.05, 0) is 36.4 Å². The van der Waals surface area contributed by atoms with Gasteiger partial charge >= 0.3 is 0 Å². The lowest BCUT2D eigenvalue weighted by molar-refractivity contribution is -0.384. The van der Waals surface area contributed by atoms with Gasteiger partial charge in [0, 0.05) is 22.7 Å². The molecule has 0 bridgehead atoms. The van der Waals surface area contributed by atoms with Crippen LogP contribution in [0.4, 0.5) is 5.69 Å². The van der Waals surface area contributed by atoms with Crippen LogP contribution >= 0.6 is 23.2 Å². The van der Waals surface area contributed by atoms with E-state index in [1.807, 2.05) is 0 Å². The van der Waals surface area contributed by atoms with E-state index in [2.05, 4.69) is 10.5 Å². The number of nitrogens with one attached hydrogen (secondary N) is 1. The summed E-state index contributed by atoms with van der Waals surface area (Å²) in [5, 5.41) is 25.1. The molecule has 1 aromatic heterocycles. The number of non-ortho nitro benzene ring substituents is 1. The topological polar surface area (TPSA) is 118 Å². The molecule has 0 saturated carbocycles. The first-order chi connectivity index (χ1) is 13.3. The number of hydrogen-bond acceptors (Lipinski definition) is 6. The number of amides is 1. The van der Waals surface area contributed by atoms with Crippen molar-refractivity contribution in [1.29, 1.82) is 0 Å². The van der Waals surface area contributed by atoms with Crippen molar-refractivity contribution in [3.05, 3.63) is 80.0 Å². The van der Waals surface area contributed by atoms with Crippen LogP contribution in [0.2, 0.25) is 10.0 Å². The minimum Gasteiger partial charge on any atom is -0.507 e. The summed E-state index contributed by atoms with van der Waals surface area (Å²) in [5.74, 6) is -0.420. The number of carbonyl (C=O) groups excluding carboxylic acids is 1. The van der Waals surface area contributed by atoms with Crippen molar-refractivity contribution in [3.8, 4) is 17.1 Å². The van der Waals surface area contributed by atoms with E-state index >= 15 is 0 Å². The molecule has 1 heterocycles. The molecule has 28 heavy (non-hydrogen) atoms. The summed E-state index contributed by atoms with van der Waals surface area (Å²) < 4.78 is 5.59. The molecule has 0 aliphatic carbocycles. The van der Waals surface area contributed by atoms with Gasteiger partial charge in [-0.15, -0.1) is 0 Å². The SMILES string of the molecule is O=C(N/N=C\c1ccc(-c2ccc(Cl)cc2Cl)o1)c1cc([N+](=O)[O-])ccc1O. The van der Waals surface area contributed by atoms with Gasteiger partial charge in [0.2, 0.25) is 0 Å². The van der Waals surface area contributed by atoms with E-state index in [4.69, 9.17) is 27.6 Å². The fraction of sp³-hybridized carbons (Fsp3) is 0. The Kier molecular flexibility index (Phi) is 5.62. The number of phenols is 1. The van der Waals surface area contributed by atoms with Gasteiger partial charge in [0.1, 0.15) is 17.3 Å². The third-order valence-electron chi connectivity index (χ3n) is 3.62. The number of benzene rings is 2. The highest BCUT2D eigenvalue weighted by Crippen LogP contribution is 2.31. The summed E-state index contributed by atoms with van der Waals surface area (Å²) in [7, 11) is 0. The van der Waals surface area contributed by atoms with Gasteiger partial charge in [-0.2, -0.15) is 5.10 Å². The number of rotatable bonds is 5. The number of furan rings is 1. The number of phenolic OH excluding ortho intramolecular Hbond substituents is 1. The van der Waals surface area contributed by atoms with Crippen LogP contribution in [0.15, 0.2) is 58.0 Å². The number of nitrogens with zero attached hydrogens (tertiary/aromatic N) is 2. The highest BCUT2D eigenvalue weighted by atomic mass is 35.5. The van der Waals surface area contributed by atoms with Crippen molar-refractivity contribution in [2.45, 2.75) is 0 Å². The smallest absolute Gasteiger partial charge is 0.275 e. The van der Waals surface area contributed by atoms with Gasteiger partial charge in [-0.25, -0.2) is 5.43 Å². The highest BCUT2D eigenvalue weighted by molar-refractivity contribution is 6.36. The van der Waals surface area contributed by atoms with E-state index in [0.29, 0.717) is 27.1 Å². The van der Waals surface area contributed by atoms with Gasteiger partial charge in [0.25, 0.3) is 11.6 Å². The van der Waals surface area contributed by atoms with Gasteiger partial charge in [0.05, 0.1) is 21.7 Å². The Morgan fingerprint density at radius 2 is 1.96 bits per heavy atom. The van der Waals surface area contributed by atoms with Crippen LogP contribution in [0.5, 0.6) is 5.75 Å². The molecule has 10 heteroatoms. The molecule has 142 valence electrons.